The molecule has 2 heterocycles. The van der Waals surface area contributed by atoms with E-state index in [0.717, 1.165) is 11.5 Å². The molecule has 0 aliphatic heterocycles. The number of halogens is 3. The van der Waals surface area contributed by atoms with Gasteiger partial charge >= 0.3 is 6.61 Å². The number of hydrogen-bond donors (Lipinski definition) is 1. The van der Waals surface area contributed by atoms with Crippen LogP contribution in [-0.4, -0.2) is 21.9 Å². The summed E-state index contributed by atoms with van der Waals surface area (Å²) in [6.45, 7) is -2.88. The number of hydrogen-bond acceptors (Lipinski definition) is 6. The van der Waals surface area contributed by atoms with Gasteiger partial charge in [-0.25, -0.2) is 0 Å². The number of amides is 1. The van der Waals surface area contributed by atoms with Crippen molar-refractivity contribution in [3.05, 3.63) is 46.8 Å². The third-order valence-corrected chi connectivity index (χ3v) is 3.84. The van der Waals surface area contributed by atoms with Crippen molar-refractivity contribution in [2.45, 2.75) is 6.61 Å². The molecule has 10 heteroatoms. The first-order chi connectivity index (χ1) is 11.5. The minimum atomic E-state index is -2.88. The van der Waals surface area contributed by atoms with Gasteiger partial charge in [0.05, 0.1) is 0 Å². The smallest absolute Gasteiger partial charge is 0.387 e. The van der Waals surface area contributed by atoms with Crippen molar-refractivity contribution in [2.75, 3.05) is 5.32 Å². The summed E-state index contributed by atoms with van der Waals surface area (Å²) in [6, 6.07) is 9.00. The Hall–Kier alpha value is -2.33. The molecule has 0 fully saturated rings. The molecule has 1 amide bonds. The summed E-state index contributed by atoms with van der Waals surface area (Å²) in [5.41, 5.74) is 0.606. The summed E-state index contributed by atoms with van der Waals surface area (Å²) in [4.78, 5) is 16.1. The van der Waals surface area contributed by atoms with E-state index in [0.29, 0.717) is 16.1 Å². The first kappa shape index (κ1) is 16.5. The van der Waals surface area contributed by atoms with Crippen molar-refractivity contribution < 1.29 is 22.7 Å². The van der Waals surface area contributed by atoms with Gasteiger partial charge in [-0.2, -0.15) is 18.1 Å². The lowest BCUT2D eigenvalue weighted by atomic mass is 10.2. The zero-order valence-electron chi connectivity index (χ0n) is 11.7. The molecular weight excluding hydrogens is 408 g/mol. The molecule has 0 aliphatic rings. The molecule has 2 aromatic heterocycles. The van der Waals surface area contributed by atoms with Crippen molar-refractivity contribution in [2.24, 2.45) is 0 Å². The largest absolute Gasteiger partial charge is 0.444 e. The molecule has 0 saturated carbocycles. The van der Waals surface area contributed by atoms with E-state index in [-0.39, 0.29) is 16.6 Å². The van der Waals surface area contributed by atoms with E-state index in [1.807, 2.05) is 0 Å². The Morgan fingerprint density at radius 1 is 1.25 bits per heavy atom. The molecular formula is C14H8BrF2N3O3S. The number of carbonyl (C=O) groups is 1. The lowest BCUT2D eigenvalue weighted by molar-refractivity contribution is -0.0498. The van der Waals surface area contributed by atoms with E-state index < -0.39 is 12.5 Å². The molecule has 0 atom stereocenters. The van der Waals surface area contributed by atoms with E-state index in [2.05, 4.69) is 35.3 Å². The maximum absolute atomic E-state index is 12.1. The number of furan rings is 1. The topological polar surface area (TPSA) is 77.2 Å². The second-order valence-corrected chi connectivity index (χ2v) is 5.92. The molecule has 24 heavy (non-hydrogen) atoms. The fourth-order valence-electron chi connectivity index (χ4n) is 1.77. The second kappa shape index (κ2) is 7.05. The van der Waals surface area contributed by atoms with Gasteiger partial charge in [0, 0.05) is 17.1 Å². The van der Waals surface area contributed by atoms with Crippen molar-refractivity contribution in [1.82, 2.24) is 9.36 Å². The number of carbonyl (C=O) groups excluding carboxylic acids is 1. The summed E-state index contributed by atoms with van der Waals surface area (Å²) < 4.78 is 38.2. The molecule has 0 aliphatic carbocycles. The summed E-state index contributed by atoms with van der Waals surface area (Å²) >= 11 is 4.10. The Kier molecular flexibility index (Phi) is 4.86. The van der Waals surface area contributed by atoms with E-state index in [1.165, 1.54) is 18.2 Å². The predicted octanol–water partition coefficient (Wildman–Crippen LogP) is 4.41. The summed E-state index contributed by atoms with van der Waals surface area (Å²) in [5, 5.41) is 2.85. The fraction of sp³-hybridized carbons (Fsp3) is 0.0714. The number of nitrogens with zero attached hydrogens (tertiary/aromatic N) is 2. The van der Waals surface area contributed by atoms with Crippen molar-refractivity contribution >= 4 is 38.5 Å². The number of nitrogens with one attached hydrogen (secondary N) is 1. The van der Waals surface area contributed by atoms with E-state index >= 15 is 0 Å². The van der Waals surface area contributed by atoms with Crippen LogP contribution in [0.15, 0.2) is 45.5 Å². The minimum absolute atomic E-state index is 0.0425. The van der Waals surface area contributed by atoms with Crippen LogP contribution in [-0.2, 0) is 0 Å². The van der Waals surface area contributed by atoms with Gasteiger partial charge in [-0.05, 0) is 52.3 Å². The van der Waals surface area contributed by atoms with Crippen LogP contribution in [0.25, 0.3) is 11.4 Å². The highest BCUT2D eigenvalue weighted by Gasteiger charge is 2.14. The van der Waals surface area contributed by atoms with Crippen LogP contribution >= 0.6 is 27.5 Å². The maximum Gasteiger partial charge on any atom is 0.387 e. The summed E-state index contributed by atoms with van der Waals surface area (Å²) in [5.74, 6) is 0.0802. The molecule has 0 unspecified atom stereocenters. The molecule has 3 aromatic rings. The number of aromatic nitrogens is 2. The molecule has 0 saturated heterocycles. The highest BCUT2D eigenvalue weighted by Crippen LogP contribution is 2.24. The average Bonchev–Trinajstić information content (AvgIpc) is 3.17. The van der Waals surface area contributed by atoms with E-state index in [4.69, 9.17) is 4.42 Å². The highest BCUT2D eigenvalue weighted by molar-refractivity contribution is 9.10. The minimum Gasteiger partial charge on any atom is -0.444 e. The Morgan fingerprint density at radius 3 is 2.62 bits per heavy atom. The molecule has 1 N–H and O–H groups in total. The standard InChI is InChI=1S/C14H8BrF2N3O3S/c15-10-6-5-9(23-10)12(21)19-14-18-11(20-24-14)7-1-3-8(4-2-7)22-13(16)17/h1-6,13H,(H,18,19,20,21). The van der Waals surface area contributed by atoms with Crippen LogP contribution in [0.3, 0.4) is 0 Å². The first-order valence-electron chi connectivity index (χ1n) is 6.47. The molecule has 0 radical (unpaired) electrons. The fourth-order valence-corrected chi connectivity index (χ4v) is 2.66. The molecule has 3 rings (SSSR count). The third kappa shape index (κ3) is 3.95. The molecule has 0 spiro atoms. The SMILES string of the molecule is O=C(Nc1nc(-c2ccc(OC(F)F)cc2)ns1)c1ccc(Br)o1. The maximum atomic E-state index is 12.1. The van der Waals surface area contributed by atoms with Crippen LogP contribution in [0.4, 0.5) is 13.9 Å². The van der Waals surface area contributed by atoms with Gasteiger partial charge < -0.3 is 9.15 Å². The van der Waals surface area contributed by atoms with Crippen LogP contribution in [0.1, 0.15) is 10.6 Å². The van der Waals surface area contributed by atoms with E-state index in [9.17, 15) is 13.6 Å². The van der Waals surface area contributed by atoms with Crippen LogP contribution in [0.5, 0.6) is 5.75 Å². The molecule has 6 nitrogen and oxygen atoms in total. The Bertz CT molecular complexity index is 851. The summed E-state index contributed by atoms with van der Waals surface area (Å²) in [6.07, 6.45) is 0. The quantitative estimate of drug-likeness (QED) is 0.667. The Morgan fingerprint density at radius 2 is 2.00 bits per heavy atom. The average molecular weight is 416 g/mol. The lowest BCUT2D eigenvalue weighted by Gasteiger charge is -2.03. The predicted molar refractivity (Wildman–Crippen MR) is 86.3 cm³/mol. The van der Waals surface area contributed by atoms with Gasteiger partial charge in [0.15, 0.2) is 16.3 Å². The highest BCUT2D eigenvalue weighted by atomic mass is 79.9. The van der Waals surface area contributed by atoms with Crippen molar-refractivity contribution in [3.63, 3.8) is 0 Å². The van der Waals surface area contributed by atoms with Gasteiger partial charge in [-0.15, -0.1) is 0 Å². The number of alkyl halides is 2. The van der Waals surface area contributed by atoms with Crippen molar-refractivity contribution in [1.29, 1.82) is 0 Å². The second-order valence-electron chi connectivity index (χ2n) is 4.38. The van der Waals surface area contributed by atoms with E-state index in [1.54, 1.807) is 18.2 Å². The van der Waals surface area contributed by atoms with Crippen LogP contribution in [0.2, 0.25) is 0 Å². The monoisotopic (exact) mass is 415 g/mol. The zero-order chi connectivity index (χ0) is 17.1. The molecule has 1 aromatic carbocycles. The lowest BCUT2D eigenvalue weighted by Crippen LogP contribution is -2.10. The van der Waals surface area contributed by atoms with Crippen LogP contribution in [0, 0.1) is 0 Å². The normalized spacial score (nSPS) is 10.8. The molecule has 0 bridgehead atoms. The van der Waals surface area contributed by atoms with Crippen LogP contribution < -0.4 is 10.1 Å². The van der Waals surface area contributed by atoms with Gasteiger partial charge in [0.2, 0.25) is 5.13 Å². The first-order valence-corrected chi connectivity index (χ1v) is 8.03. The number of benzene rings is 1. The number of rotatable bonds is 5. The Balaban J connectivity index is 1.70. The third-order valence-electron chi connectivity index (χ3n) is 2.78. The summed E-state index contributed by atoms with van der Waals surface area (Å²) in [7, 11) is 0. The van der Waals surface area contributed by atoms with Gasteiger partial charge in [0.25, 0.3) is 5.91 Å². The molecule has 124 valence electrons. The zero-order valence-corrected chi connectivity index (χ0v) is 14.1. The van der Waals surface area contributed by atoms with Gasteiger partial charge in [-0.1, -0.05) is 0 Å². The van der Waals surface area contributed by atoms with Crippen molar-refractivity contribution in [3.8, 4) is 17.1 Å². The number of anilines is 1. The van der Waals surface area contributed by atoms with Gasteiger partial charge in [0.1, 0.15) is 5.75 Å². The Labute approximate surface area is 146 Å². The number of ether oxygens (including phenoxy) is 1. The van der Waals surface area contributed by atoms with Gasteiger partial charge in [-0.3, -0.25) is 10.1 Å².